The Labute approximate surface area is 92.7 Å². The van der Waals surface area contributed by atoms with Gasteiger partial charge in [-0.25, -0.2) is 13.6 Å². The molecule has 0 radical (unpaired) electrons. The fourth-order valence-electron chi connectivity index (χ4n) is 1.21. The first-order valence-corrected chi connectivity index (χ1v) is 5.76. The highest BCUT2D eigenvalue weighted by molar-refractivity contribution is 7.89. The van der Waals surface area contributed by atoms with Gasteiger partial charge in [-0.1, -0.05) is 0 Å². The summed E-state index contributed by atoms with van der Waals surface area (Å²) in [6.45, 7) is 0. The Kier molecular flexibility index (Phi) is 3.15. The van der Waals surface area contributed by atoms with Gasteiger partial charge in [-0.2, -0.15) is 0 Å². The normalized spacial score (nSPS) is 11.2. The van der Waals surface area contributed by atoms with Gasteiger partial charge in [0.25, 0.3) is 5.69 Å². The fourth-order valence-corrected chi connectivity index (χ4v) is 2.04. The van der Waals surface area contributed by atoms with Crippen LogP contribution in [-0.4, -0.2) is 27.4 Å². The quantitative estimate of drug-likeness (QED) is 0.609. The van der Waals surface area contributed by atoms with Crippen LogP contribution in [0.1, 0.15) is 0 Å². The molecule has 0 aliphatic heterocycles. The van der Waals surface area contributed by atoms with Crippen molar-refractivity contribution < 1.29 is 13.3 Å². The number of hydrogen-bond acceptors (Lipinski definition) is 5. The van der Waals surface area contributed by atoms with Crippen LogP contribution in [0, 0.1) is 10.1 Å². The molecule has 0 aromatic heterocycles. The average Bonchev–Trinajstić information content (AvgIpc) is 2.15. The third-order valence-electron chi connectivity index (χ3n) is 1.94. The molecule has 88 valence electrons. The van der Waals surface area contributed by atoms with Gasteiger partial charge in [-0.3, -0.25) is 10.1 Å². The number of anilines is 1. The maximum atomic E-state index is 11.3. The lowest BCUT2D eigenvalue weighted by Crippen LogP contribution is -2.18. The van der Waals surface area contributed by atoms with E-state index in [1.165, 1.54) is 17.0 Å². The summed E-state index contributed by atoms with van der Waals surface area (Å²) in [4.78, 5) is 11.1. The van der Waals surface area contributed by atoms with Crippen LogP contribution >= 0.6 is 0 Å². The largest absolute Gasteiger partial charge is 0.377 e. The second-order valence-electron chi connectivity index (χ2n) is 3.35. The summed E-state index contributed by atoms with van der Waals surface area (Å²) in [6.07, 6.45) is 0. The smallest absolute Gasteiger partial charge is 0.270 e. The predicted molar refractivity (Wildman–Crippen MR) is 58.8 cm³/mol. The molecule has 1 rings (SSSR count). The van der Waals surface area contributed by atoms with Crippen molar-refractivity contribution in [3.05, 3.63) is 28.3 Å². The van der Waals surface area contributed by atoms with E-state index in [1.807, 2.05) is 0 Å². The summed E-state index contributed by atoms with van der Waals surface area (Å²) in [5.41, 5.74) is 0.00252. The number of rotatable bonds is 3. The molecule has 0 amide bonds. The van der Waals surface area contributed by atoms with Crippen molar-refractivity contribution in [3.8, 4) is 0 Å². The topological polar surface area (TPSA) is 107 Å². The third-order valence-corrected chi connectivity index (χ3v) is 2.88. The van der Waals surface area contributed by atoms with Gasteiger partial charge in [-0.05, 0) is 6.07 Å². The first-order chi connectivity index (χ1) is 7.23. The van der Waals surface area contributed by atoms with Crippen molar-refractivity contribution in [1.82, 2.24) is 0 Å². The number of nitrogens with zero attached hydrogens (tertiary/aromatic N) is 2. The zero-order valence-electron chi connectivity index (χ0n) is 8.75. The van der Waals surface area contributed by atoms with Crippen LogP contribution in [0.15, 0.2) is 23.1 Å². The van der Waals surface area contributed by atoms with Crippen LogP contribution in [0.5, 0.6) is 0 Å². The minimum atomic E-state index is -3.98. The van der Waals surface area contributed by atoms with Crippen molar-refractivity contribution in [2.75, 3.05) is 19.0 Å². The highest BCUT2D eigenvalue weighted by Crippen LogP contribution is 2.26. The second-order valence-corrected chi connectivity index (χ2v) is 4.88. The van der Waals surface area contributed by atoms with Gasteiger partial charge in [0.15, 0.2) is 0 Å². The van der Waals surface area contributed by atoms with E-state index in [4.69, 9.17) is 5.14 Å². The van der Waals surface area contributed by atoms with Crippen LogP contribution in [0.4, 0.5) is 11.4 Å². The summed E-state index contributed by atoms with van der Waals surface area (Å²) < 4.78 is 22.5. The summed E-state index contributed by atoms with van der Waals surface area (Å²) in [6, 6.07) is 3.52. The van der Waals surface area contributed by atoms with E-state index < -0.39 is 14.9 Å². The Morgan fingerprint density at radius 1 is 1.38 bits per heavy atom. The molecule has 1 aromatic rings. The molecule has 0 fully saturated rings. The van der Waals surface area contributed by atoms with Crippen LogP contribution in [0.3, 0.4) is 0 Å². The molecule has 0 bridgehead atoms. The molecular weight excluding hydrogens is 234 g/mol. The third kappa shape index (κ3) is 2.47. The molecule has 0 aliphatic carbocycles. The summed E-state index contributed by atoms with van der Waals surface area (Å²) in [5.74, 6) is 0. The molecule has 0 heterocycles. The van der Waals surface area contributed by atoms with Gasteiger partial charge in [-0.15, -0.1) is 0 Å². The molecule has 0 spiro atoms. The lowest BCUT2D eigenvalue weighted by molar-refractivity contribution is -0.385. The number of non-ortho nitro benzene ring substituents is 1. The molecule has 2 N–H and O–H groups in total. The Balaban J connectivity index is 3.51. The number of sulfonamides is 1. The standard InChI is InChI=1S/C8H11N3O4S/c1-10(2)7-4-3-6(11(12)13)5-8(7)16(9,14)15/h3-5H,1-2H3,(H2,9,14,15). The van der Waals surface area contributed by atoms with Crippen molar-refractivity contribution in [2.24, 2.45) is 5.14 Å². The minimum Gasteiger partial charge on any atom is -0.377 e. The lowest BCUT2D eigenvalue weighted by Gasteiger charge is -2.15. The number of nitro benzene ring substituents is 1. The summed E-state index contributed by atoms with van der Waals surface area (Å²) in [5, 5.41) is 15.5. The molecule has 8 heteroatoms. The van der Waals surface area contributed by atoms with Crippen molar-refractivity contribution in [3.63, 3.8) is 0 Å². The predicted octanol–water partition coefficient (Wildman–Crippen LogP) is 0.308. The van der Waals surface area contributed by atoms with Crippen LogP contribution in [0.25, 0.3) is 0 Å². The number of primary sulfonamides is 1. The molecule has 16 heavy (non-hydrogen) atoms. The minimum absolute atomic E-state index is 0.258. The van der Waals surface area contributed by atoms with Gasteiger partial charge in [0.05, 0.1) is 10.6 Å². The Hall–Kier alpha value is -1.67. The summed E-state index contributed by atoms with van der Waals surface area (Å²) >= 11 is 0. The van der Waals surface area contributed by atoms with Gasteiger partial charge in [0, 0.05) is 26.2 Å². The molecule has 0 atom stereocenters. The molecule has 0 unspecified atom stereocenters. The zero-order valence-corrected chi connectivity index (χ0v) is 9.56. The lowest BCUT2D eigenvalue weighted by atomic mass is 10.2. The fraction of sp³-hybridized carbons (Fsp3) is 0.250. The molecule has 1 aromatic carbocycles. The van der Waals surface area contributed by atoms with E-state index in [2.05, 4.69) is 0 Å². The van der Waals surface area contributed by atoms with E-state index in [9.17, 15) is 18.5 Å². The van der Waals surface area contributed by atoms with Gasteiger partial charge >= 0.3 is 0 Å². The maximum Gasteiger partial charge on any atom is 0.270 e. The first kappa shape index (κ1) is 12.4. The molecule has 0 saturated heterocycles. The van der Waals surface area contributed by atoms with Crippen molar-refractivity contribution >= 4 is 21.4 Å². The first-order valence-electron chi connectivity index (χ1n) is 4.22. The average molecular weight is 245 g/mol. The van der Waals surface area contributed by atoms with Crippen molar-refractivity contribution in [2.45, 2.75) is 4.90 Å². The van der Waals surface area contributed by atoms with Crippen LogP contribution in [-0.2, 0) is 10.0 Å². The van der Waals surface area contributed by atoms with Gasteiger partial charge in [0.2, 0.25) is 10.0 Å². The van der Waals surface area contributed by atoms with E-state index >= 15 is 0 Å². The maximum absolute atomic E-state index is 11.3. The highest BCUT2D eigenvalue weighted by Gasteiger charge is 2.19. The second kappa shape index (κ2) is 4.06. The zero-order chi connectivity index (χ0) is 12.5. The molecule has 0 saturated carbocycles. The SMILES string of the molecule is CN(C)c1ccc([N+](=O)[O-])cc1S(N)(=O)=O. The molecule has 0 aliphatic rings. The Bertz CT molecular complexity index is 524. The Morgan fingerprint density at radius 2 is 1.94 bits per heavy atom. The van der Waals surface area contributed by atoms with Gasteiger partial charge < -0.3 is 4.90 Å². The van der Waals surface area contributed by atoms with E-state index in [1.54, 1.807) is 14.1 Å². The van der Waals surface area contributed by atoms with Crippen LogP contribution < -0.4 is 10.0 Å². The monoisotopic (exact) mass is 245 g/mol. The summed E-state index contributed by atoms with van der Waals surface area (Å²) in [7, 11) is -0.739. The number of nitrogens with two attached hydrogens (primary N) is 1. The van der Waals surface area contributed by atoms with E-state index in [0.717, 1.165) is 6.07 Å². The molecular formula is C8H11N3O4S. The van der Waals surface area contributed by atoms with Crippen LogP contribution in [0.2, 0.25) is 0 Å². The Morgan fingerprint density at radius 3 is 2.31 bits per heavy atom. The highest BCUT2D eigenvalue weighted by atomic mass is 32.2. The van der Waals surface area contributed by atoms with Crippen molar-refractivity contribution in [1.29, 1.82) is 0 Å². The van der Waals surface area contributed by atoms with E-state index in [0.29, 0.717) is 5.69 Å². The molecule has 7 nitrogen and oxygen atoms in total. The van der Waals surface area contributed by atoms with E-state index in [-0.39, 0.29) is 10.6 Å². The number of benzene rings is 1. The number of hydrogen-bond donors (Lipinski definition) is 1. The van der Waals surface area contributed by atoms with Gasteiger partial charge in [0.1, 0.15) is 4.90 Å². The number of nitro groups is 1.